The van der Waals surface area contributed by atoms with Gasteiger partial charge in [-0.15, -0.1) is 0 Å². The highest BCUT2D eigenvalue weighted by atomic mass is 32.2. The molecular weight excluding hydrogens is 452 g/mol. The normalized spacial score (nSPS) is 11.7. The van der Waals surface area contributed by atoms with Crippen LogP contribution in [0.15, 0.2) is 125 Å². The highest BCUT2D eigenvalue weighted by Crippen LogP contribution is 2.39. The van der Waals surface area contributed by atoms with Crippen LogP contribution in [0.3, 0.4) is 0 Å². The number of rotatable bonds is 6. The second-order valence-corrected chi connectivity index (χ2v) is 9.92. The molecule has 0 saturated carbocycles. The van der Waals surface area contributed by atoms with Gasteiger partial charge in [0.15, 0.2) is 0 Å². The molecule has 0 atom stereocenters. The molecule has 5 rings (SSSR count). The maximum absolute atomic E-state index is 13.1. The first-order valence-electron chi connectivity index (χ1n) is 11.3. The molecule has 1 heterocycles. The van der Waals surface area contributed by atoms with Crippen molar-refractivity contribution in [1.29, 1.82) is 0 Å². The zero-order chi connectivity index (χ0) is 24.3. The van der Waals surface area contributed by atoms with E-state index < -0.39 is 10.0 Å². The Bertz CT molecular complexity index is 1570. The van der Waals surface area contributed by atoms with Gasteiger partial charge in [0, 0.05) is 11.1 Å². The van der Waals surface area contributed by atoms with E-state index in [0.717, 1.165) is 44.8 Å². The van der Waals surface area contributed by atoms with Gasteiger partial charge in [-0.05, 0) is 35.7 Å². The van der Waals surface area contributed by atoms with Crippen LogP contribution in [0.4, 0.5) is 0 Å². The second kappa shape index (κ2) is 9.57. The molecule has 0 aliphatic carbocycles. The second-order valence-electron chi connectivity index (χ2n) is 8.28. The van der Waals surface area contributed by atoms with E-state index in [9.17, 15) is 8.42 Å². The van der Waals surface area contributed by atoms with Crippen molar-refractivity contribution in [2.24, 2.45) is 4.40 Å². The highest BCUT2D eigenvalue weighted by Gasteiger charge is 2.21. The quantitative estimate of drug-likeness (QED) is 0.265. The Morgan fingerprint density at radius 3 is 1.66 bits per heavy atom. The van der Waals surface area contributed by atoms with E-state index in [1.807, 2.05) is 97.9 Å². The van der Waals surface area contributed by atoms with Crippen LogP contribution >= 0.6 is 0 Å². The molecule has 4 aromatic carbocycles. The van der Waals surface area contributed by atoms with Gasteiger partial charge in [-0.2, -0.15) is 12.8 Å². The van der Waals surface area contributed by atoms with Gasteiger partial charge >= 0.3 is 0 Å². The van der Waals surface area contributed by atoms with Crippen LogP contribution in [0.25, 0.3) is 33.6 Å². The zero-order valence-electron chi connectivity index (χ0n) is 19.2. The van der Waals surface area contributed by atoms with Crippen molar-refractivity contribution in [1.82, 2.24) is 4.98 Å². The fraction of sp³-hybridized carbons (Fsp3) is 0.0333. The third-order valence-corrected chi connectivity index (χ3v) is 7.12. The Labute approximate surface area is 205 Å². The summed E-state index contributed by atoms with van der Waals surface area (Å²) < 4.78 is 30.3. The van der Waals surface area contributed by atoms with E-state index in [4.69, 9.17) is 0 Å². The lowest BCUT2D eigenvalue weighted by Crippen LogP contribution is -1.99. The molecule has 0 radical (unpaired) electrons. The molecule has 5 aromatic rings. The Morgan fingerprint density at radius 2 is 1.11 bits per heavy atom. The Kier molecular flexibility index (Phi) is 6.17. The summed E-state index contributed by atoms with van der Waals surface area (Å²) in [5, 5.41) is 0. The number of H-pyrrole nitrogens is 1. The van der Waals surface area contributed by atoms with Crippen LogP contribution in [0.2, 0.25) is 0 Å². The summed E-state index contributed by atoms with van der Waals surface area (Å²) in [7, 11) is -3.87. The molecule has 172 valence electrons. The number of sulfonamides is 1. The zero-order valence-corrected chi connectivity index (χ0v) is 20.0. The van der Waals surface area contributed by atoms with E-state index in [2.05, 4.69) is 9.38 Å². The average Bonchev–Trinajstić information content (AvgIpc) is 3.29. The summed E-state index contributed by atoms with van der Waals surface area (Å²) in [5.74, 6) is 0. The third kappa shape index (κ3) is 4.72. The topological polar surface area (TPSA) is 62.3 Å². The summed E-state index contributed by atoms with van der Waals surface area (Å²) in [5.41, 5.74) is 7.25. The van der Waals surface area contributed by atoms with E-state index in [1.54, 1.807) is 24.3 Å². The van der Waals surface area contributed by atoms with E-state index >= 15 is 0 Å². The largest absolute Gasteiger partial charge is 0.353 e. The SMILES string of the molecule is Cc1ccc(S(=O)(=O)/N=C/c2c(-c3ccccc3)[nH]c(-c3ccccc3)c2-c2ccccc2)cc1. The number of hydrogen-bond donors (Lipinski definition) is 1. The molecule has 4 nitrogen and oxygen atoms in total. The van der Waals surface area contributed by atoms with Crippen LogP contribution < -0.4 is 0 Å². The van der Waals surface area contributed by atoms with Crippen LogP contribution in [0.5, 0.6) is 0 Å². The van der Waals surface area contributed by atoms with Crippen LogP contribution in [0.1, 0.15) is 11.1 Å². The lowest BCUT2D eigenvalue weighted by Gasteiger charge is -2.07. The van der Waals surface area contributed by atoms with Crippen molar-refractivity contribution in [2.75, 3.05) is 0 Å². The van der Waals surface area contributed by atoms with E-state index in [-0.39, 0.29) is 4.90 Å². The van der Waals surface area contributed by atoms with Crippen LogP contribution in [0, 0.1) is 6.92 Å². The maximum atomic E-state index is 13.1. The molecule has 0 unspecified atom stereocenters. The molecule has 1 N–H and O–H groups in total. The smallest absolute Gasteiger partial charge is 0.282 e. The summed E-state index contributed by atoms with van der Waals surface area (Å²) >= 11 is 0. The first kappa shape index (κ1) is 22.6. The molecule has 0 fully saturated rings. The predicted molar refractivity (Wildman–Crippen MR) is 143 cm³/mol. The summed E-state index contributed by atoms with van der Waals surface area (Å²) in [4.78, 5) is 3.75. The van der Waals surface area contributed by atoms with Gasteiger partial charge in [-0.1, -0.05) is 109 Å². The van der Waals surface area contributed by atoms with E-state index in [0.29, 0.717) is 0 Å². The average molecular weight is 477 g/mol. The van der Waals surface area contributed by atoms with Gasteiger partial charge in [0.25, 0.3) is 10.0 Å². The monoisotopic (exact) mass is 476 g/mol. The molecule has 0 spiro atoms. The van der Waals surface area contributed by atoms with Gasteiger partial charge in [0.05, 0.1) is 22.5 Å². The van der Waals surface area contributed by atoms with Gasteiger partial charge in [-0.3, -0.25) is 0 Å². The minimum Gasteiger partial charge on any atom is -0.353 e. The molecule has 5 heteroatoms. The fourth-order valence-electron chi connectivity index (χ4n) is 4.10. The van der Waals surface area contributed by atoms with Gasteiger partial charge in [0.2, 0.25) is 0 Å². The molecule has 0 aliphatic rings. The standard InChI is InChI=1S/C30H24N2O2S/c1-22-17-19-26(20-18-22)35(33,34)31-21-27-28(23-11-5-2-6-12-23)30(25-15-9-4-10-16-25)32-29(27)24-13-7-3-8-14-24/h2-21,32H,1H3/b31-21+. The van der Waals surface area contributed by atoms with Crippen molar-refractivity contribution >= 4 is 16.2 Å². The molecule has 0 bridgehead atoms. The first-order valence-corrected chi connectivity index (χ1v) is 12.8. The van der Waals surface area contributed by atoms with Gasteiger partial charge < -0.3 is 4.98 Å². The number of nitrogens with one attached hydrogen (secondary N) is 1. The van der Waals surface area contributed by atoms with Crippen molar-refractivity contribution in [2.45, 2.75) is 11.8 Å². The molecule has 1 aromatic heterocycles. The molecule has 35 heavy (non-hydrogen) atoms. The highest BCUT2D eigenvalue weighted by molar-refractivity contribution is 7.90. The van der Waals surface area contributed by atoms with Crippen molar-refractivity contribution in [3.8, 4) is 33.6 Å². The fourth-order valence-corrected chi connectivity index (χ4v) is 4.94. The van der Waals surface area contributed by atoms with Crippen molar-refractivity contribution in [3.05, 3.63) is 126 Å². The summed E-state index contributed by atoms with van der Waals surface area (Å²) in [6, 6.07) is 36.6. The predicted octanol–water partition coefficient (Wildman–Crippen LogP) is 7.13. The number of aryl methyl sites for hydroxylation is 1. The number of benzene rings is 4. The number of nitrogens with zero attached hydrogens (tertiary/aromatic N) is 1. The third-order valence-electron chi connectivity index (χ3n) is 5.87. The summed E-state index contributed by atoms with van der Waals surface area (Å²) in [6.07, 6.45) is 1.47. The van der Waals surface area contributed by atoms with Crippen LogP contribution in [-0.4, -0.2) is 19.6 Å². The van der Waals surface area contributed by atoms with Crippen molar-refractivity contribution in [3.63, 3.8) is 0 Å². The minimum atomic E-state index is -3.87. The van der Waals surface area contributed by atoms with Crippen molar-refractivity contribution < 1.29 is 8.42 Å². The molecule has 0 amide bonds. The Morgan fingerprint density at radius 1 is 0.629 bits per heavy atom. The molecular formula is C30H24N2O2S. The number of hydrogen-bond acceptors (Lipinski definition) is 2. The Hall–Kier alpha value is -4.22. The lowest BCUT2D eigenvalue weighted by molar-refractivity contribution is 0.598. The van der Waals surface area contributed by atoms with Crippen LogP contribution in [-0.2, 0) is 10.0 Å². The minimum absolute atomic E-state index is 0.167. The summed E-state index contributed by atoms with van der Waals surface area (Å²) in [6.45, 7) is 1.92. The molecule has 0 aliphatic heterocycles. The molecule has 0 saturated heterocycles. The Balaban J connectivity index is 1.76. The maximum Gasteiger partial charge on any atom is 0.282 e. The van der Waals surface area contributed by atoms with Gasteiger partial charge in [0.1, 0.15) is 0 Å². The first-order chi connectivity index (χ1) is 17.0. The lowest BCUT2D eigenvalue weighted by atomic mass is 9.96. The number of aromatic nitrogens is 1. The van der Waals surface area contributed by atoms with Gasteiger partial charge in [-0.25, -0.2) is 0 Å². The number of aromatic amines is 1. The van der Waals surface area contributed by atoms with E-state index in [1.165, 1.54) is 6.21 Å².